The number of nitrogens with one attached hydrogen (secondary N) is 1. The van der Waals surface area contributed by atoms with Crippen molar-refractivity contribution < 1.29 is 22.7 Å². The van der Waals surface area contributed by atoms with Crippen molar-refractivity contribution in [3.63, 3.8) is 0 Å². The molecular formula is C30H37N3O5S. The van der Waals surface area contributed by atoms with Crippen molar-refractivity contribution in [2.24, 2.45) is 0 Å². The Kier molecular flexibility index (Phi) is 10.1. The maximum Gasteiger partial charge on any atom is 0.264 e. The van der Waals surface area contributed by atoms with Gasteiger partial charge in [-0.2, -0.15) is 0 Å². The SMILES string of the molecule is CCNC(=O)[C@@H](C)N(Cc1ccc(C)cc1)C(=O)CN(c1ccccc1OCC)S(=O)(=O)c1ccc(C)cc1. The number of rotatable bonds is 12. The third-order valence-electron chi connectivity index (χ3n) is 6.31. The molecule has 0 aromatic heterocycles. The van der Waals surface area contributed by atoms with Gasteiger partial charge in [0.2, 0.25) is 11.8 Å². The maximum atomic E-state index is 14.0. The Labute approximate surface area is 231 Å². The first-order chi connectivity index (χ1) is 18.6. The Morgan fingerprint density at radius 1 is 0.897 bits per heavy atom. The zero-order valence-corrected chi connectivity index (χ0v) is 24.0. The van der Waals surface area contributed by atoms with Crippen molar-refractivity contribution in [1.29, 1.82) is 0 Å². The molecule has 2 amide bonds. The summed E-state index contributed by atoms with van der Waals surface area (Å²) in [6.45, 7) is 9.43. The van der Waals surface area contributed by atoms with Crippen LogP contribution < -0.4 is 14.4 Å². The Morgan fingerprint density at radius 3 is 2.08 bits per heavy atom. The zero-order valence-electron chi connectivity index (χ0n) is 23.2. The Morgan fingerprint density at radius 2 is 1.49 bits per heavy atom. The van der Waals surface area contributed by atoms with Crippen LogP contribution in [0, 0.1) is 13.8 Å². The largest absolute Gasteiger partial charge is 0.492 e. The van der Waals surface area contributed by atoms with Gasteiger partial charge in [-0.25, -0.2) is 8.42 Å². The van der Waals surface area contributed by atoms with Crippen molar-refractivity contribution in [1.82, 2.24) is 10.2 Å². The monoisotopic (exact) mass is 551 g/mol. The molecule has 0 unspecified atom stereocenters. The average molecular weight is 552 g/mol. The third kappa shape index (κ3) is 7.38. The molecule has 3 aromatic rings. The van der Waals surface area contributed by atoms with E-state index < -0.39 is 28.5 Å². The van der Waals surface area contributed by atoms with Gasteiger partial charge in [0.25, 0.3) is 10.0 Å². The number of para-hydroxylation sites is 2. The van der Waals surface area contributed by atoms with E-state index in [-0.39, 0.29) is 23.0 Å². The third-order valence-corrected chi connectivity index (χ3v) is 8.09. The van der Waals surface area contributed by atoms with Crippen LogP contribution in [-0.4, -0.2) is 50.9 Å². The van der Waals surface area contributed by atoms with Crippen LogP contribution in [0.1, 0.15) is 37.5 Å². The fraction of sp³-hybridized carbons (Fsp3) is 0.333. The number of nitrogens with zero attached hydrogens (tertiary/aromatic N) is 2. The number of carbonyl (C=O) groups is 2. The second-order valence-corrected chi connectivity index (χ2v) is 11.2. The molecule has 0 aliphatic carbocycles. The van der Waals surface area contributed by atoms with Gasteiger partial charge in [0.1, 0.15) is 18.3 Å². The lowest BCUT2D eigenvalue weighted by Gasteiger charge is -2.32. The number of anilines is 1. The first-order valence-corrected chi connectivity index (χ1v) is 14.5. The Balaban J connectivity index is 2.07. The topological polar surface area (TPSA) is 96.0 Å². The van der Waals surface area contributed by atoms with Crippen molar-refractivity contribution in [3.8, 4) is 5.75 Å². The van der Waals surface area contributed by atoms with E-state index in [1.54, 1.807) is 57.2 Å². The molecule has 0 saturated carbocycles. The molecule has 0 aliphatic heterocycles. The highest BCUT2D eigenvalue weighted by molar-refractivity contribution is 7.92. The van der Waals surface area contributed by atoms with E-state index in [1.165, 1.54) is 17.0 Å². The molecule has 9 heteroatoms. The van der Waals surface area contributed by atoms with Crippen LogP contribution in [0.15, 0.2) is 77.7 Å². The number of carbonyl (C=O) groups excluding carboxylic acids is 2. The maximum absolute atomic E-state index is 14.0. The number of likely N-dealkylation sites (N-methyl/N-ethyl adjacent to an activating group) is 1. The molecule has 39 heavy (non-hydrogen) atoms. The summed E-state index contributed by atoms with van der Waals surface area (Å²) in [6.07, 6.45) is 0. The van der Waals surface area contributed by atoms with Gasteiger partial charge < -0.3 is 15.0 Å². The first kappa shape index (κ1) is 29.7. The van der Waals surface area contributed by atoms with E-state index in [1.807, 2.05) is 38.1 Å². The van der Waals surface area contributed by atoms with Crippen molar-refractivity contribution in [2.45, 2.75) is 52.1 Å². The summed E-state index contributed by atoms with van der Waals surface area (Å²) >= 11 is 0. The van der Waals surface area contributed by atoms with Gasteiger partial charge in [0, 0.05) is 13.1 Å². The van der Waals surface area contributed by atoms with Gasteiger partial charge in [0.15, 0.2) is 0 Å². The lowest BCUT2D eigenvalue weighted by Crippen LogP contribution is -2.51. The van der Waals surface area contributed by atoms with Crippen molar-refractivity contribution in [3.05, 3.63) is 89.5 Å². The summed E-state index contributed by atoms with van der Waals surface area (Å²) in [4.78, 5) is 28.2. The quantitative estimate of drug-likeness (QED) is 0.359. The summed E-state index contributed by atoms with van der Waals surface area (Å²) in [7, 11) is -4.17. The van der Waals surface area contributed by atoms with Crippen LogP contribution in [-0.2, 0) is 26.2 Å². The van der Waals surface area contributed by atoms with Crippen LogP contribution in [0.2, 0.25) is 0 Å². The molecule has 1 N–H and O–H groups in total. The predicted octanol–water partition coefficient (Wildman–Crippen LogP) is 4.45. The van der Waals surface area contributed by atoms with Gasteiger partial charge >= 0.3 is 0 Å². The Bertz CT molecular complexity index is 1370. The summed E-state index contributed by atoms with van der Waals surface area (Å²) in [5.41, 5.74) is 3.05. The van der Waals surface area contributed by atoms with E-state index in [2.05, 4.69) is 5.32 Å². The van der Waals surface area contributed by atoms with Crippen LogP contribution >= 0.6 is 0 Å². The number of sulfonamides is 1. The molecule has 0 radical (unpaired) electrons. The molecule has 0 heterocycles. The molecule has 0 spiro atoms. The lowest BCUT2D eigenvalue weighted by molar-refractivity contribution is -0.139. The highest BCUT2D eigenvalue weighted by Gasteiger charge is 2.33. The molecule has 3 aromatic carbocycles. The highest BCUT2D eigenvalue weighted by atomic mass is 32.2. The van der Waals surface area contributed by atoms with E-state index in [0.717, 1.165) is 21.0 Å². The fourth-order valence-corrected chi connectivity index (χ4v) is 5.51. The van der Waals surface area contributed by atoms with Gasteiger partial charge in [-0.1, -0.05) is 59.7 Å². The molecule has 0 saturated heterocycles. The summed E-state index contributed by atoms with van der Waals surface area (Å²) in [6, 6.07) is 20.0. The van der Waals surface area contributed by atoms with E-state index >= 15 is 0 Å². The highest BCUT2D eigenvalue weighted by Crippen LogP contribution is 2.33. The number of hydrogen-bond acceptors (Lipinski definition) is 5. The van der Waals surface area contributed by atoms with Gasteiger partial charge in [-0.05, 0) is 64.4 Å². The predicted molar refractivity (Wildman–Crippen MR) is 153 cm³/mol. The van der Waals surface area contributed by atoms with Crippen LogP contribution in [0.3, 0.4) is 0 Å². The molecule has 0 fully saturated rings. The fourth-order valence-electron chi connectivity index (χ4n) is 4.09. The number of ether oxygens (including phenoxy) is 1. The lowest BCUT2D eigenvalue weighted by atomic mass is 10.1. The van der Waals surface area contributed by atoms with E-state index in [0.29, 0.717) is 18.9 Å². The van der Waals surface area contributed by atoms with E-state index in [4.69, 9.17) is 4.74 Å². The molecule has 3 rings (SSSR count). The van der Waals surface area contributed by atoms with Crippen LogP contribution in [0.25, 0.3) is 0 Å². The van der Waals surface area contributed by atoms with E-state index in [9.17, 15) is 18.0 Å². The average Bonchev–Trinajstić information content (AvgIpc) is 2.92. The standard InChI is InChI=1S/C30H37N3O5S/c1-6-31-30(35)24(5)32(20-25-16-12-22(3)13-17-25)29(34)21-33(27-10-8-9-11-28(27)38-7-2)39(36,37)26-18-14-23(4)15-19-26/h8-19,24H,6-7,20-21H2,1-5H3,(H,31,35)/t24-/m1/s1. The minimum atomic E-state index is -4.17. The van der Waals surface area contributed by atoms with Crippen LogP contribution in [0.5, 0.6) is 5.75 Å². The van der Waals surface area contributed by atoms with Crippen LogP contribution in [0.4, 0.5) is 5.69 Å². The molecule has 8 nitrogen and oxygen atoms in total. The molecule has 0 aliphatic rings. The number of benzene rings is 3. The second-order valence-electron chi connectivity index (χ2n) is 9.30. The molecular weight excluding hydrogens is 514 g/mol. The zero-order chi connectivity index (χ0) is 28.6. The minimum Gasteiger partial charge on any atom is -0.492 e. The first-order valence-electron chi connectivity index (χ1n) is 13.0. The number of aryl methyl sites for hydroxylation is 2. The summed E-state index contributed by atoms with van der Waals surface area (Å²) in [5, 5.41) is 2.76. The smallest absolute Gasteiger partial charge is 0.264 e. The second kappa shape index (κ2) is 13.3. The van der Waals surface area contributed by atoms with Crippen molar-refractivity contribution >= 4 is 27.5 Å². The van der Waals surface area contributed by atoms with Crippen molar-refractivity contribution in [2.75, 3.05) is 24.0 Å². The van der Waals surface area contributed by atoms with Gasteiger partial charge in [-0.15, -0.1) is 0 Å². The normalized spacial score (nSPS) is 11.9. The van der Waals surface area contributed by atoms with Gasteiger partial charge in [-0.3, -0.25) is 13.9 Å². The number of amides is 2. The molecule has 208 valence electrons. The summed E-state index contributed by atoms with van der Waals surface area (Å²) < 4.78 is 34.8. The van der Waals surface area contributed by atoms with Gasteiger partial charge in [0.05, 0.1) is 17.2 Å². The summed E-state index contributed by atoms with van der Waals surface area (Å²) in [5.74, 6) is -0.498. The Hall–Kier alpha value is -3.85. The minimum absolute atomic E-state index is 0.0501. The molecule has 1 atom stereocenters. The number of hydrogen-bond donors (Lipinski definition) is 1. The molecule has 0 bridgehead atoms.